The minimum atomic E-state index is -0.235. The van der Waals surface area contributed by atoms with Gasteiger partial charge in [0.15, 0.2) is 5.11 Å². The molecule has 0 aromatic carbocycles. The molecule has 0 saturated heterocycles. The van der Waals surface area contributed by atoms with Crippen molar-refractivity contribution in [2.75, 3.05) is 13.7 Å². The fraction of sp³-hybridized carbons (Fsp3) is 0.600. The third kappa shape index (κ3) is 6.90. The zero-order chi connectivity index (χ0) is 11.7. The van der Waals surface area contributed by atoms with Crippen molar-refractivity contribution in [2.24, 2.45) is 0 Å². The van der Waals surface area contributed by atoms with E-state index < -0.39 is 0 Å². The van der Waals surface area contributed by atoms with E-state index in [9.17, 15) is 4.79 Å². The topological polar surface area (TPSA) is 50.4 Å². The van der Waals surface area contributed by atoms with E-state index in [1.54, 1.807) is 6.08 Å². The molecule has 4 nitrogen and oxygen atoms in total. The summed E-state index contributed by atoms with van der Waals surface area (Å²) in [5, 5.41) is 6.51. The fourth-order valence-corrected chi connectivity index (χ4v) is 1.23. The summed E-state index contributed by atoms with van der Waals surface area (Å²) >= 11 is 5.03. The predicted molar refractivity (Wildman–Crippen MR) is 64.6 cm³/mol. The number of carbonyl (C=O) groups is 1. The van der Waals surface area contributed by atoms with Gasteiger partial charge in [0.25, 0.3) is 0 Å². The minimum absolute atomic E-state index is 0.0160. The summed E-state index contributed by atoms with van der Waals surface area (Å²) in [6, 6.07) is 0.0160. The van der Waals surface area contributed by atoms with Crippen LogP contribution in [0.4, 0.5) is 0 Å². The van der Waals surface area contributed by atoms with Crippen LogP contribution in [-0.4, -0.2) is 30.8 Å². The summed E-state index contributed by atoms with van der Waals surface area (Å²) in [6.45, 7) is 6.16. The first-order chi connectivity index (χ1) is 7.13. The molecule has 0 aromatic rings. The van der Waals surface area contributed by atoms with E-state index in [1.807, 2.05) is 6.92 Å². The molecule has 2 N–H and O–H groups in total. The maximum Gasteiger partial charge on any atom is 0.307 e. The number of hydrogen-bond donors (Lipinski definition) is 2. The molecule has 0 fully saturated rings. The Morgan fingerprint density at radius 1 is 1.67 bits per heavy atom. The molecule has 1 atom stereocenters. The van der Waals surface area contributed by atoms with Crippen LogP contribution in [0.25, 0.3) is 0 Å². The molecule has 0 aliphatic heterocycles. The Morgan fingerprint density at radius 2 is 2.33 bits per heavy atom. The summed E-state index contributed by atoms with van der Waals surface area (Å²) in [5.74, 6) is -0.235. The van der Waals surface area contributed by atoms with Gasteiger partial charge in [-0.1, -0.05) is 13.0 Å². The number of ether oxygens (including phenoxy) is 1. The van der Waals surface area contributed by atoms with Gasteiger partial charge >= 0.3 is 5.97 Å². The Bertz CT molecular complexity index is 231. The average Bonchev–Trinajstić information content (AvgIpc) is 2.25. The molecule has 5 heteroatoms. The Morgan fingerprint density at radius 3 is 2.80 bits per heavy atom. The molecular weight excluding hydrogens is 212 g/mol. The molecule has 0 heterocycles. The summed E-state index contributed by atoms with van der Waals surface area (Å²) < 4.78 is 4.59. The van der Waals surface area contributed by atoms with Crippen LogP contribution in [0.2, 0.25) is 0 Å². The fourth-order valence-electron chi connectivity index (χ4n) is 0.983. The van der Waals surface area contributed by atoms with Crippen molar-refractivity contribution in [1.82, 2.24) is 10.6 Å². The van der Waals surface area contributed by atoms with E-state index in [2.05, 4.69) is 21.9 Å². The maximum absolute atomic E-state index is 11.0. The number of esters is 1. The molecule has 0 amide bonds. The first-order valence-corrected chi connectivity index (χ1v) is 5.26. The second-order valence-corrected chi connectivity index (χ2v) is 3.44. The standard InChI is InChI=1S/C10H18N2O2S/c1-4-6-11-10(15)12-8(5-2)7-9(13)14-3/h4,8H,1,5-7H2,2-3H3,(H2,11,12,15). The van der Waals surface area contributed by atoms with Gasteiger partial charge in [-0.05, 0) is 18.6 Å². The van der Waals surface area contributed by atoms with Gasteiger partial charge in [0, 0.05) is 12.6 Å². The van der Waals surface area contributed by atoms with Crippen LogP contribution in [0.15, 0.2) is 12.7 Å². The number of hydrogen-bond acceptors (Lipinski definition) is 3. The normalized spacial score (nSPS) is 11.3. The molecule has 0 radical (unpaired) electrons. The first kappa shape index (κ1) is 13.9. The highest BCUT2D eigenvalue weighted by molar-refractivity contribution is 7.80. The van der Waals surface area contributed by atoms with Crippen LogP contribution in [0, 0.1) is 0 Å². The number of methoxy groups -OCH3 is 1. The molecule has 0 aromatic heterocycles. The molecule has 0 aliphatic carbocycles. The maximum atomic E-state index is 11.0. The number of nitrogens with one attached hydrogen (secondary N) is 2. The third-order valence-electron chi connectivity index (χ3n) is 1.88. The van der Waals surface area contributed by atoms with Crippen LogP contribution < -0.4 is 10.6 Å². The number of thiocarbonyl (C=S) groups is 1. The molecule has 0 saturated carbocycles. The van der Waals surface area contributed by atoms with Crippen molar-refractivity contribution < 1.29 is 9.53 Å². The highest BCUT2D eigenvalue weighted by Gasteiger charge is 2.12. The molecule has 0 bridgehead atoms. The number of carbonyl (C=O) groups excluding carboxylic acids is 1. The monoisotopic (exact) mass is 230 g/mol. The number of rotatable bonds is 6. The van der Waals surface area contributed by atoms with Gasteiger partial charge < -0.3 is 15.4 Å². The van der Waals surface area contributed by atoms with Gasteiger partial charge in [0.05, 0.1) is 13.5 Å². The van der Waals surface area contributed by atoms with Crippen molar-refractivity contribution in [3.05, 3.63) is 12.7 Å². The van der Waals surface area contributed by atoms with Gasteiger partial charge in [0.1, 0.15) is 0 Å². The second-order valence-electron chi connectivity index (χ2n) is 3.03. The van der Waals surface area contributed by atoms with Gasteiger partial charge in [0.2, 0.25) is 0 Å². The van der Waals surface area contributed by atoms with E-state index in [-0.39, 0.29) is 12.0 Å². The molecule has 86 valence electrons. The Kier molecular flexibility index (Phi) is 7.62. The van der Waals surface area contributed by atoms with Gasteiger partial charge in [-0.2, -0.15) is 0 Å². The highest BCUT2D eigenvalue weighted by atomic mass is 32.1. The lowest BCUT2D eigenvalue weighted by Gasteiger charge is -2.17. The van der Waals surface area contributed by atoms with Gasteiger partial charge in [-0.15, -0.1) is 6.58 Å². The smallest absolute Gasteiger partial charge is 0.307 e. The molecular formula is C10H18N2O2S. The van der Waals surface area contributed by atoms with Crippen molar-refractivity contribution in [3.63, 3.8) is 0 Å². The summed E-state index contributed by atoms with van der Waals surface area (Å²) in [4.78, 5) is 11.0. The van der Waals surface area contributed by atoms with Crippen LogP contribution in [0.5, 0.6) is 0 Å². The van der Waals surface area contributed by atoms with E-state index >= 15 is 0 Å². The zero-order valence-electron chi connectivity index (χ0n) is 9.21. The summed E-state index contributed by atoms with van der Waals surface area (Å²) in [7, 11) is 1.38. The Balaban J connectivity index is 3.92. The summed E-state index contributed by atoms with van der Waals surface area (Å²) in [6.07, 6.45) is 2.85. The lowest BCUT2D eigenvalue weighted by Crippen LogP contribution is -2.42. The highest BCUT2D eigenvalue weighted by Crippen LogP contribution is 1.98. The van der Waals surface area contributed by atoms with Gasteiger partial charge in [-0.3, -0.25) is 4.79 Å². The van der Waals surface area contributed by atoms with Crippen LogP contribution in [0.3, 0.4) is 0 Å². The Hall–Kier alpha value is -1.10. The zero-order valence-corrected chi connectivity index (χ0v) is 10.0. The molecule has 0 rings (SSSR count). The molecule has 1 unspecified atom stereocenters. The first-order valence-electron chi connectivity index (χ1n) is 4.86. The lowest BCUT2D eigenvalue weighted by atomic mass is 10.1. The summed E-state index contributed by atoms with van der Waals surface area (Å²) in [5.41, 5.74) is 0. The third-order valence-corrected chi connectivity index (χ3v) is 2.14. The predicted octanol–water partition coefficient (Wildman–Crippen LogP) is 0.978. The largest absolute Gasteiger partial charge is 0.469 e. The average molecular weight is 230 g/mol. The van der Waals surface area contributed by atoms with Crippen LogP contribution >= 0.6 is 12.2 Å². The van der Waals surface area contributed by atoms with Crippen LogP contribution in [-0.2, 0) is 9.53 Å². The molecule has 0 spiro atoms. The van der Waals surface area contributed by atoms with E-state index in [0.29, 0.717) is 18.1 Å². The van der Waals surface area contributed by atoms with Gasteiger partial charge in [-0.25, -0.2) is 0 Å². The second kappa shape index (κ2) is 8.23. The van der Waals surface area contributed by atoms with E-state index in [0.717, 1.165) is 6.42 Å². The Labute approximate surface area is 96.1 Å². The van der Waals surface area contributed by atoms with Crippen molar-refractivity contribution in [2.45, 2.75) is 25.8 Å². The van der Waals surface area contributed by atoms with E-state index in [1.165, 1.54) is 7.11 Å². The van der Waals surface area contributed by atoms with Crippen molar-refractivity contribution in [1.29, 1.82) is 0 Å². The van der Waals surface area contributed by atoms with Crippen molar-refractivity contribution >= 4 is 23.3 Å². The lowest BCUT2D eigenvalue weighted by molar-refractivity contribution is -0.141. The molecule has 15 heavy (non-hydrogen) atoms. The van der Waals surface area contributed by atoms with Crippen molar-refractivity contribution in [3.8, 4) is 0 Å². The molecule has 0 aliphatic rings. The van der Waals surface area contributed by atoms with Crippen LogP contribution in [0.1, 0.15) is 19.8 Å². The van der Waals surface area contributed by atoms with E-state index in [4.69, 9.17) is 12.2 Å². The SMILES string of the molecule is C=CCNC(=S)NC(CC)CC(=O)OC. The quantitative estimate of drug-likeness (QED) is 0.405. The minimum Gasteiger partial charge on any atom is -0.469 e.